The van der Waals surface area contributed by atoms with Crippen LogP contribution in [0.15, 0.2) is 12.3 Å². The number of hydrogen-bond acceptors (Lipinski definition) is 5. The number of nitrogens with two attached hydrogens (primary N) is 1. The van der Waals surface area contributed by atoms with Gasteiger partial charge in [-0.15, -0.1) is 0 Å². The molecule has 7 heteroatoms. The van der Waals surface area contributed by atoms with Crippen LogP contribution in [0.1, 0.15) is 23.7 Å². The Labute approximate surface area is 111 Å². The fraction of sp³-hybridized carbons (Fsp3) is 0.417. The minimum atomic E-state index is -1.12. The first-order chi connectivity index (χ1) is 8.99. The highest BCUT2D eigenvalue weighted by atomic mass is 16.4. The molecule has 0 fully saturated rings. The highest BCUT2D eigenvalue weighted by Crippen LogP contribution is 2.20. The summed E-state index contributed by atoms with van der Waals surface area (Å²) in [6, 6.07) is 1.34. The molecule has 0 aliphatic carbocycles. The third kappa shape index (κ3) is 3.84. The van der Waals surface area contributed by atoms with Gasteiger partial charge in [-0.2, -0.15) is 0 Å². The smallest absolute Gasteiger partial charge is 0.339 e. The van der Waals surface area contributed by atoms with Crippen LogP contribution in [0.3, 0.4) is 0 Å². The molecule has 0 unspecified atom stereocenters. The van der Waals surface area contributed by atoms with Crippen molar-refractivity contribution in [3.63, 3.8) is 0 Å². The number of carboxylic acids is 1. The molecule has 0 aliphatic heterocycles. The summed E-state index contributed by atoms with van der Waals surface area (Å²) in [5.74, 6) is -1.07. The molecule has 0 spiro atoms. The molecule has 0 aliphatic rings. The zero-order valence-electron chi connectivity index (χ0n) is 11.0. The second-order valence-electron chi connectivity index (χ2n) is 4.04. The first kappa shape index (κ1) is 14.7. The molecule has 7 nitrogen and oxygen atoms in total. The number of amides is 1. The van der Waals surface area contributed by atoms with Crippen LogP contribution in [0, 0.1) is 0 Å². The Morgan fingerprint density at radius 1 is 1.53 bits per heavy atom. The Morgan fingerprint density at radius 3 is 2.74 bits per heavy atom. The van der Waals surface area contributed by atoms with Gasteiger partial charge in [0.1, 0.15) is 11.4 Å². The number of carbonyl (C=O) groups is 2. The average molecular weight is 266 g/mol. The number of nitrogens with one attached hydrogen (secondary N) is 1. The summed E-state index contributed by atoms with van der Waals surface area (Å²) in [6.07, 6.45) is 2.15. The molecule has 1 aromatic heterocycles. The van der Waals surface area contributed by atoms with Gasteiger partial charge in [-0.1, -0.05) is 6.92 Å². The van der Waals surface area contributed by atoms with Gasteiger partial charge in [0.25, 0.3) is 0 Å². The third-order valence-electron chi connectivity index (χ3n) is 2.52. The maximum Gasteiger partial charge on any atom is 0.339 e. The summed E-state index contributed by atoms with van der Waals surface area (Å²) in [6.45, 7) is 2.53. The van der Waals surface area contributed by atoms with Gasteiger partial charge in [-0.05, 0) is 12.5 Å². The van der Waals surface area contributed by atoms with E-state index >= 15 is 0 Å². The Morgan fingerprint density at radius 2 is 2.21 bits per heavy atom. The van der Waals surface area contributed by atoms with Crippen LogP contribution in [-0.2, 0) is 4.79 Å². The van der Waals surface area contributed by atoms with Crippen LogP contribution >= 0.6 is 0 Å². The number of aromatic nitrogens is 1. The number of likely N-dealkylation sites (N-methyl/N-ethyl adjacent to an activating group) is 1. The molecule has 0 saturated carbocycles. The quantitative estimate of drug-likeness (QED) is 0.684. The lowest BCUT2D eigenvalue weighted by atomic mass is 10.2. The normalized spacial score (nSPS) is 10.0. The van der Waals surface area contributed by atoms with E-state index in [0.29, 0.717) is 6.54 Å². The van der Waals surface area contributed by atoms with E-state index in [4.69, 9.17) is 5.73 Å². The largest absolute Gasteiger partial charge is 0.478 e. The molecule has 4 N–H and O–H groups in total. The Hall–Kier alpha value is -2.31. The van der Waals surface area contributed by atoms with Crippen LogP contribution in [0.5, 0.6) is 0 Å². The van der Waals surface area contributed by atoms with Crippen LogP contribution in [0.25, 0.3) is 0 Å². The Balaban J connectivity index is 3.14. The van der Waals surface area contributed by atoms with Crippen LogP contribution in [-0.4, -0.2) is 42.1 Å². The molecular formula is C12H18N4O3. The number of carboxylic acid groups (broad SMARTS) is 1. The van der Waals surface area contributed by atoms with E-state index in [1.165, 1.54) is 19.3 Å². The van der Waals surface area contributed by atoms with E-state index in [9.17, 15) is 14.7 Å². The van der Waals surface area contributed by atoms with Crippen molar-refractivity contribution >= 4 is 23.4 Å². The number of rotatable bonds is 6. The zero-order chi connectivity index (χ0) is 14.4. The van der Waals surface area contributed by atoms with Gasteiger partial charge in [-0.25, -0.2) is 9.78 Å². The summed E-state index contributed by atoms with van der Waals surface area (Å²) in [5, 5.41) is 11.7. The van der Waals surface area contributed by atoms with Crippen molar-refractivity contribution in [2.24, 2.45) is 0 Å². The van der Waals surface area contributed by atoms with Gasteiger partial charge in [0.2, 0.25) is 5.91 Å². The lowest BCUT2D eigenvalue weighted by Gasteiger charge is -2.23. The fourth-order valence-corrected chi connectivity index (χ4v) is 1.67. The summed E-state index contributed by atoms with van der Waals surface area (Å²) >= 11 is 0. The summed E-state index contributed by atoms with van der Waals surface area (Å²) in [5.41, 5.74) is 5.82. The van der Waals surface area contributed by atoms with Crippen molar-refractivity contribution in [3.8, 4) is 0 Å². The number of nitrogens with zero attached hydrogens (tertiary/aromatic N) is 2. The molecule has 0 aromatic carbocycles. The summed E-state index contributed by atoms with van der Waals surface area (Å²) < 4.78 is 0. The molecule has 1 aromatic rings. The van der Waals surface area contributed by atoms with Crippen LogP contribution < -0.4 is 16.0 Å². The van der Waals surface area contributed by atoms with E-state index in [1.807, 2.05) is 6.92 Å². The maximum absolute atomic E-state index is 11.5. The van der Waals surface area contributed by atoms with Crippen LogP contribution in [0.2, 0.25) is 0 Å². The average Bonchev–Trinajstić information content (AvgIpc) is 2.38. The van der Waals surface area contributed by atoms with E-state index in [-0.39, 0.29) is 29.5 Å². The number of nitrogen functional groups attached to an aromatic ring is 1. The first-order valence-corrected chi connectivity index (χ1v) is 5.94. The minimum absolute atomic E-state index is 0.00245. The Kier molecular flexibility index (Phi) is 5.11. The SMILES string of the molecule is CCCN(CC(=O)NC)c1ncc(N)cc1C(=O)O. The predicted molar refractivity (Wildman–Crippen MR) is 72.2 cm³/mol. The second kappa shape index (κ2) is 6.58. The third-order valence-corrected chi connectivity index (χ3v) is 2.52. The van der Waals surface area contributed by atoms with Gasteiger partial charge in [0.15, 0.2) is 0 Å². The molecule has 1 heterocycles. The van der Waals surface area contributed by atoms with Crippen molar-refractivity contribution in [1.29, 1.82) is 0 Å². The molecule has 0 bridgehead atoms. The standard InChI is InChI=1S/C12H18N4O3/c1-3-4-16(7-10(17)14-2)11-9(12(18)19)5-8(13)6-15-11/h5-6H,3-4,7,13H2,1-2H3,(H,14,17)(H,18,19). The van der Waals surface area contributed by atoms with Crippen molar-refractivity contribution < 1.29 is 14.7 Å². The van der Waals surface area contributed by atoms with Crippen molar-refractivity contribution in [2.75, 3.05) is 30.8 Å². The van der Waals surface area contributed by atoms with E-state index in [0.717, 1.165) is 6.42 Å². The molecule has 104 valence electrons. The maximum atomic E-state index is 11.5. The number of hydrogen-bond donors (Lipinski definition) is 3. The number of carbonyl (C=O) groups excluding carboxylic acids is 1. The number of aromatic carboxylic acids is 1. The van der Waals surface area contributed by atoms with Crippen LogP contribution in [0.4, 0.5) is 11.5 Å². The van der Waals surface area contributed by atoms with E-state index in [1.54, 1.807) is 4.90 Å². The van der Waals surface area contributed by atoms with E-state index < -0.39 is 5.97 Å². The van der Waals surface area contributed by atoms with E-state index in [2.05, 4.69) is 10.3 Å². The van der Waals surface area contributed by atoms with Gasteiger partial charge in [0, 0.05) is 13.6 Å². The molecule has 19 heavy (non-hydrogen) atoms. The minimum Gasteiger partial charge on any atom is -0.478 e. The lowest BCUT2D eigenvalue weighted by molar-refractivity contribution is -0.119. The monoisotopic (exact) mass is 266 g/mol. The summed E-state index contributed by atoms with van der Waals surface area (Å²) in [7, 11) is 1.53. The molecule has 1 amide bonds. The number of pyridine rings is 1. The van der Waals surface area contributed by atoms with Crippen molar-refractivity contribution in [3.05, 3.63) is 17.8 Å². The van der Waals surface area contributed by atoms with Gasteiger partial charge >= 0.3 is 5.97 Å². The lowest BCUT2D eigenvalue weighted by Crippen LogP contribution is -2.37. The van der Waals surface area contributed by atoms with Crippen molar-refractivity contribution in [2.45, 2.75) is 13.3 Å². The molecule has 0 radical (unpaired) electrons. The molecule has 0 saturated heterocycles. The number of anilines is 2. The highest BCUT2D eigenvalue weighted by Gasteiger charge is 2.19. The molecular weight excluding hydrogens is 248 g/mol. The second-order valence-corrected chi connectivity index (χ2v) is 4.04. The first-order valence-electron chi connectivity index (χ1n) is 5.94. The molecule has 1 rings (SSSR count). The topological polar surface area (TPSA) is 109 Å². The zero-order valence-corrected chi connectivity index (χ0v) is 11.0. The van der Waals surface area contributed by atoms with Gasteiger partial charge in [0.05, 0.1) is 18.4 Å². The molecule has 0 atom stereocenters. The van der Waals surface area contributed by atoms with Crippen molar-refractivity contribution in [1.82, 2.24) is 10.3 Å². The highest BCUT2D eigenvalue weighted by molar-refractivity contribution is 5.95. The predicted octanol–water partition coefficient (Wildman–Crippen LogP) is 0.324. The van der Waals surface area contributed by atoms with Gasteiger partial charge < -0.3 is 21.1 Å². The van der Waals surface area contributed by atoms with Gasteiger partial charge in [-0.3, -0.25) is 4.79 Å². The summed E-state index contributed by atoms with van der Waals surface area (Å²) in [4.78, 5) is 28.4. The fourth-order valence-electron chi connectivity index (χ4n) is 1.67. The Bertz CT molecular complexity index is 476.